The van der Waals surface area contributed by atoms with Crippen LogP contribution in [0.25, 0.3) is 88.9 Å². The Balaban J connectivity index is 1.25. The molecule has 3 heterocycles. The van der Waals surface area contributed by atoms with E-state index >= 15 is 0 Å². The molecule has 0 spiro atoms. The molecule has 0 saturated heterocycles. The summed E-state index contributed by atoms with van der Waals surface area (Å²) in [6.07, 6.45) is 0. The van der Waals surface area contributed by atoms with E-state index < -0.39 is 0 Å². The van der Waals surface area contributed by atoms with E-state index in [-0.39, 0.29) is 0 Å². The molecule has 0 fully saturated rings. The van der Waals surface area contributed by atoms with Crippen LogP contribution in [-0.2, 0) is 0 Å². The summed E-state index contributed by atoms with van der Waals surface area (Å²) in [5, 5.41) is 4.93. The molecule has 3 aromatic heterocycles. The highest BCUT2D eigenvalue weighted by Crippen LogP contribution is 2.42. The average molecular weight is 639 g/mol. The quantitative estimate of drug-likeness (QED) is 0.188. The van der Waals surface area contributed by atoms with Crippen LogP contribution in [0.1, 0.15) is 0 Å². The molecule has 0 amide bonds. The van der Waals surface area contributed by atoms with Gasteiger partial charge in [0.2, 0.25) is 0 Å². The molecule has 0 unspecified atom stereocenters. The smallest absolute Gasteiger partial charge is 0.160 e. The SMILES string of the molecule is c1ccc(-c2cc(-c3cccc(-n4c5ccccc5c5ccc6c(c7ccccc7n6-c6ccccc6)c54)c3)nc(-c3ccccc3)n2)cc1. The Bertz CT molecular complexity index is 2790. The van der Waals surface area contributed by atoms with Gasteiger partial charge in [0.15, 0.2) is 5.82 Å². The van der Waals surface area contributed by atoms with Gasteiger partial charge in [0.1, 0.15) is 0 Å². The van der Waals surface area contributed by atoms with E-state index in [1.54, 1.807) is 0 Å². The van der Waals surface area contributed by atoms with E-state index in [1.165, 1.54) is 43.6 Å². The lowest BCUT2D eigenvalue weighted by molar-refractivity contribution is 1.16. The van der Waals surface area contributed by atoms with E-state index in [0.29, 0.717) is 5.82 Å². The summed E-state index contributed by atoms with van der Waals surface area (Å²) in [6, 6.07) is 64.2. The van der Waals surface area contributed by atoms with Crippen LogP contribution in [0.5, 0.6) is 0 Å². The third-order valence-corrected chi connectivity index (χ3v) is 9.71. The van der Waals surface area contributed by atoms with Crippen LogP contribution < -0.4 is 0 Å². The standard InChI is InChI=1S/C46H30N4/c1-4-15-31(16-5-1)39-30-40(48-46(47-39)32-17-6-2-7-18-32)33-19-14-22-35(29-33)50-41-25-12-10-23-36(41)37-27-28-43-44(45(37)50)38-24-11-13-26-42(38)49(43)34-20-8-3-9-21-34/h1-30H. The van der Waals surface area contributed by atoms with Crippen LogP contribution in [0.4, 0.5) is 0 Å². The molecule has 0 aliphatic rings. The molecule has 4 nitrogen and oxygen atoms in total. The molecule has 10 rings (SSSR count). The van der Waals surface area contributed by atoms with Gasteiger partial charge >= 0.3 is 0 Å². The van der Waals surface area contributed by atoms with Gasteiger partial charge in [-0.3, -0.25) is 0 Å². The number of hydrogen-bond donors (Lipinski definition) is 0. The zero-order chi connectivity index (χ0) is 33.0. The number of aromatic nitrogens is 4. The summed E-state index contributed by atoms with van der Waals surface area (Å²) in [7, 11) is 0. The van der Waals surface area contributed by atoms with Gasteiger partial charge in [0.05, 0.1) is 33.5 Å². The van der Waals surface area contributed by atoms with Crippen molar-refractivity contribution in [1.82, 2.24) is 19.1 Å². The van der Waals surface area contributed by atoms with E-state index in [4.69, 9.17) is 9.97 Å². The molecule has 0 saturated carbocycles. The van der Waals surface area contributed by atoms with Crippen LogP contribution in [0, 0.1) is 0 Å². The van der Waals surface area contributed by atoms with Crippen molar-refractivity contribution in [2.45, 2.75) is 0 Å². The van der Waals surface area contributed by atoms with E-state index in [1.807, 2.05) is 24.3 Å². The predicted molar refractivity (Wildman–Crippen MR) is 207 cm³/mol. The second-order valence-corrected chi connectivity index (χ2v) is 12.6. The second kappa shape index (κ2) is 11.4. The van der Waals surface area contributed by atoms with Gasteiger partial charge in [-0.15, -0.1) is 0 Å². The van der Waals surface area contributed by atoms with E-state index in [0.717, 1.165) is 39.5 Å². The van der Waals surface area contributed by atoms with Crippen LogP contribution in [0.2, 0.25) is 0 Å². The lowest BCUT2D eigenvalue weighted by atomic mass is 10.1. The summed E-state index contributed by atoms with van der Waals surface area (Å²) < 4.78 is 4.83. The molecule has 50 heavy (non-hydrogen) atoms. The Labute approximate surface area is 289 Å². The first-order valence-electron chi connectivity index (χ1n) is 16.9. The van der Waals surface area contributed by atoms with Crippen molar-refractivity contribution in [2.75, 3.05) is 0 Å². The first-order chi connectivity index (χ1) is 24.8. The van der Waals surface area contributed by atoms with Gasteiger partial charge in [-0.05, 0) is 48.5 Å². The summed E-state index contributed by atoms with van der Waals surface area (Å²) in [6.45, 7) is 0. The lowest BCUT2D eigenvalue weighted by Crippen LogP contribution is -1.98. The van der Waals surface area contributed by atoms with Gasteiger partial charge in [-0.2, -0.15) is 0 Å². The van der Waals surface area contributed by atoms with Gasteiger partial charge < -0.3 is 9.13 Å². The average Bonchev–Trinajstić information content (AvgIpc) is 3.72. The number of para-hydroxylation sites is 3. The summed E-state index contributed by atoms with van der Waals surface area (Å²) >= 11 is 0. The molecular weight excluding hydrogens is 609 g/mol. The van der Waals surface area contributed by atoms with Crippen molar-refractivity contribution in [2.24, 2.45) is 0 Å². The third kappa shape index (κ3) is 4.46. The molecule has 7 aromatic carbocycles. The summed E-state index contributed by atoms with van der Waals surface area (Å²) in [5.74, 6) is 0.708. The fraction of sp³-hybridized carbons (Fsp3) is 0. The van der Waals surface area contributed by atoms with Gasteiger partial charge in [0.25, 0.3) is 0 Å². The van der Waals surface area contributed by atoms with Crippen molar-refractivity contribution < 1.29 is 0 Å². The molecule has 10 aromatic rings. The Hall–Kier alpha value is -6.78. The highest BCUT2D eigenvalue weighted by atomic mass is 15.0. The number of hydrogen-bond acceptors (Lipinski definition) is 2. The minimum absolute atomic E-state index is 0.708. The molecule has 234 valence electrons. The maximum absolute atomic E-state index is 5.15. The minimum Gasteiger partial charge on any atom is -0.309 e. The molecule has 4 heteroatoms. The first-order valence-corrected chi connectivity index (χ1v) is 16.9. The van der Waals surface area contributed by atoms with Crippen LogP contribution in [0.15, 0.2) is 182 Å². The maximum Gasteiger partial charge on any atom is 0.160 e. The normalized spacial score (nSPS) is 11.6. The number of benzene rings is 7. The van der Waals surface area contributed by atoms with Crippen molar-refractivity contribution in [3.63, 3.8) is 0 Å². The van der Waals surface area contributed by atoms with Crippen LogP contribution >= 0.6 is 0 Å². The van der Waals surface area contributed by atoms with E-state index in [2.05, 4.69) is 167 Å². The molecule has 0 atom stereocenters. The number of rotatable bonds is 5. The van der Waals surface area contributed by atoms with Crippen LogP contribution in [-0.4, -0.2) is 19.1 Å². The van der Waals surface area contributed by atoms with Crippen molar-refractivity contribution in [3.05, 3.63) is 182 Å². The third-order valence-electron chi connectivity index (χ3n) is 9.71. The Kier molecular flexibility index (Phi) is 6.46. The number of nitrogens with zero attached hydrogens (tertiary/aromatic N) is 4. The van der Waals surface area contributed by atoms with Crippen molar-refractivity contribution >= 4 is 43.6 Å². The van der Waals surface area contributed by atoms with Crippen molar-refractivity contribution in [3.8, 4) is 45.3 Å². The van der Waals surface area contributed by atoms with Gasteiger partial charge in [-0.1, -0.05) is 133 Å². The fourth-order valence-electron chi connectivity index (χ4n) is 7.50. The first kappa shape index (κ1) is 28.3. The summed E-state index contributed by atoms with van der Waals surface area (Å²) in [5.41, 5.74) is 11.8. The highest BCUT2D eigenvalue weighted by Gasteiger charge is 2.21. The maximum atomic E-state index is 5.15. The minimum atomic E-state index is 0.708. The largest absolute Gasteiger partial charge is 0.309 e. The Morgan fingerprint density at radius 2 is 0.900 bits per heavy atom. The Morgan fingerprint density at radius 3 is 1.64 bits per heavy atom. The zero-order valence-electron chi connectivity index (χ0n) is 27.1. The van der Waals surface area contributed by atoms with Gasteiger partial charge in [0, 0.05) is 49.6 Å². The van der Waals surface area contributed by atoms with E-state index in [9.17, 15) is 0 Å². The van der Waals surface area contributed by atoms with Gasteiger partial charge in [-0.25, -0.2) is 9.97 Å². The monoisotopic (exact) mass is 638 g/mol. The Morgan fingerprint density at radius 1 is 0.340 bits per heavy atom. The zero-order valence-corrected chi connectivity index (χ0v) is 27.1. The second-order valence-electron chi connectivity index (χ2n) is 12.6. The molecule has 0 bridgehead atoms. The molecule has 0 aliphatic carbocycles. The molecule has 0 radical (unpaired) electrons. The topological polar surface area (TPSA) is 35.6 Å². The highest BCUT2D eigenvalue weighted by molar-refractivity contribution is 6.26. The number of fused-ring (bicyclic) bond motifs is 7. The lowest BCUT2D eigenvalue weighted by Gasteiger charge is -2.13. The fourth-order valence-corrected chi connectivity index (χ4v) is 7.50. The molecule has 0 aliphatic heterocycles. The summed E-state index contributed by atoms with van der Waals surface area (Å²) in [4.78, 5) is 10.2. The predicted octanol–water partition coefficient (Wildman–Crippen LogP) is 11.7. The van der Waals surface area contributed by atoms with Crippen LogP contribution in [0.3, 0.4) is 0 Å². The molecule has 0 N–H and O–H groups in total. The molecular formula is C46H30N4. The van der Waals surface area contributed by atoms with Crippen molar-refractivity contribution in [1.29, 1.82) is 0 Å².